The van der Waals surface area contributed by atoms with E-state index in [1.54, 1.807) is 16.7 Å². The van der Waals surface area contributed by atoms with Gasteiger partial charge in [-0.1, -0.05) is 11.3 Å². The quantitative estimate of drug-likeness (QED) is 0.284. The predicted octanol–water partition coefficient (Wildman–Crippen LogP) is 1.71. The molecule has 3 N–H and O–H groups in total. The fourth-order valence-electron chi connectivity index (χ4n) is 5.28. The van der Waals surface area contributed by atoms with E-state index in [0.717, 1.165) is 17.4 Å². The number of ether oxygens (including phenoxy) is 1. The number of hydrogen-bond donors (Lipinski definition) is 2. The lowest BCUT2D eigenvalue weighted by molar-refractivity contribution is -0.125. The predicted molar refractivity (Wildman–Crippen MR) is 150 cm³/mol. The first kappa shape index (κ1) is 26.3. The zero-order valence-electron chi connectivity index (χ0n) is 22.1. The summed E-state index contributed by atoms with van der Waals surface area (Å²) in [5, 5.41) is 7.01. The summed E-state index contributed by atoms with van der Waals surface area (Å²) in [5.74, 6) is -1.09. The van der Waals surface area contributed by atoms with Crippen molar-refractivity contribution < 1.29 is 22.7 Å². The number of nitrogens with zero attached hydrogens (tertiary/aromatic N) is 7. The first-order valence-corrected chi connectivity index (χ1v) is 14.2. The molecule has 2 fully saturated rings. The van der Waals surface area contributed by atoms with Crippen LogP contribution in [0.4, 0.5) is 20.4 Å². The molecule has 4 aromatic heterocycles. The summed E-state index contributed by atoms with van der Waals surface area (Å²) < 4.78 is 43.7. The van der Waals surface area contributed by atoms with E-state index in [-0.39, 0.29) is 28.2 Å². The van der Waals surface area contributed by atoms with E-state index in [1.807, 2.05) is 4.90 Å². The minimum absolute atomic E-state index is 0.0983. The number of anilines is 2. The monoisotopic (exact) mass is 597 g/mol. The van der Waals surface area contributed by atoms with Crippen molar-refractivity contribution in [3.63, 3.8) is 0 Å². The van der Waals surface area contributed by atoms with Crippen molar-refractivity contribution in [2.75, 3.05) is 49.9 Å². The maximum Gasteiger partial charge on any atom is 0.309 e. The molecule has 5 aromatic rings. The summed E-state index contributed by atoms with van der Waals surface area (Å²) in [6.45, 7) is 3.51. The molecule has 218 valence electrons. The van der Waals surface area contributed by atoms with Crippen LogP contribution in [0.3, 0.4) is 0 Å². The molecule has 1 amide bonds. The van der Waals surface area contributed by atoms with Crippen molar-refractivity contribution in [3.05, 3.63) is 51.8 Å². The van der Waals surface area contributed by atoms with Crippen LogP contribution in [0.2, 0.25) is 0 Å². The van der Waals surface area contributed by atoms with Crippen LogP contribution in [0.15, 0.2) is 39.7 Å². The van der Waals surface area contributed by atoms with E-state index in [0.29, 0.717) is 79.8 Å². The van der Waals surface area contributed by atoms with Gasteiger partial charge in [-0.3, -0.25) is 19.1 Å². The van der Waals surface area contributed by atoms with Gasteiger partial charge in [0.2, 0.25) is 11.8 Å². The number of thiazole rings is 1. The van der Waals surface area contributed by atoms with Gasteiger partial charge in [-0.25, -0.2) is 13.8 Å². The molecule has 7 rings (SSSR count). The van der Waals surface area contributed by atoms with Crippen LogP contribution in [-0.4, -0.2) is 80.3 Å². The number of furan rings is 1. The Balaban J connectivity index is 1.05. The maximum absolute atomic E-state index is 14.8. The molecule has 0 saturated carbocycles. The van der Waals surface area contributed by atoms with Gasteiger partial charge in [-0.15, -0.1) is 5.10 Å². The first-order chi connectivity index (χ1) is 20.4. The Kier molecular flexibility index (Phi) is 6.50. The minimum atomic E-state index is -0.849. The van der Waals surface area contributed by atoms with Gasteiger partial charge in [0.25, 0.3) is 5.91 Å². The largest absolute Gasteiger partial charge is 0.477 e. The Bertz CT molecular complexity index is 1860. The summed E-state index contributed by atoms with van der Waals surface area (Å²) in [6, 6.07) is 5.58. The molecule has 2 aliphatic heterocycles. The molecular weight excluding hydrogens is 572 g/mol. The third-order valence-corrected chi connectivity index (χ3v) is 8.44. The molecular formula is C26H25F2N9O4S. The van der Waals surface area contributed by atoms with Crippen molar-refractivity contribution in [2.45, 2.75) is 19.1 Å². The van der Waals surface area contributed by atoms with Crippen LogP contribution in [0, 0.1) is 11.6 Å². The molecule has 16 heteroatoms. The molecule has 1 aromatic carbocycles. The zero-order valence-corrected chi connectivity index (χ0v) is 22.9. The first-order valence-electron chi connectivity index (χ1n) is 13.4. The van der Waals surface area contributed by atoms with Gasteiger partial charge in [0.15, 0.2) is 34.7 Å². The van der Waals surface area contributed by atoms with Crippen LogP contribution in [0.5, 0.6) is 5.75 Å². The Morgan fingerprint density at radius 2 is 1.93 bits per heavy atom. The number of carbonyl (C=O) groups is 1. The van der Waals surface area contributed by atoms with Crippen molar-refractivity contribution >= 4 is 44.9 Å². The molecule has 0 spiro atoms. The van der Waals surface area contributed by atoms with Crippen LogP contribution >= 0.6 is 11.3 Å². The molecule has 0 aliphatic carbocycles. The molecule has 0 unspecified atom stereocenters. The van der Waals surface area contributed by atoms with Crippen molar-refractivity contribution in [3.8, 4) is 17.3 Å². The standard InChI is InChI=1S/C26H25F2N9O4S/c27-14-12-15(28)19(41-18-3-4-30-24(18)38)13-16(14)35-8-5-34(6-9-35)7-10-36-22-20(42-26(36)39)23-31-21(17-2-1-11-40-17)33-37(23)25(29)32-22/h1-2,11-13,18H,3-10H2,(H2,29,32)(H,30,38)/t18-/m0/s1. The Morgan fingerprint density at radius 3 is 2.67 bits per heavy atom. The number of carbonyl (C=O) groups excluding carboxylic acids is 1. The second-order valence-electron chi connectivity index (χ2n) is 10.0. The third-order valence-electron chi connectivity index (χ3n) is 7.48. The van der Waals surface area contributed by atoms with E-state index >= 15 is 0 Å². The van der Waals surface area contributed by atoms with Crippen LogP contribution in [0.25, 0.3) is 27.6 Å². The van der Waals surface area contributed by atoms with Gasteiger partial charge < -0.3 is 25.1 Å². The normalized spacial score (nSPS) is 17.9. The molecule has 2 aliphatic rings. The average Bonchev–Trinajstić information content (AvgIpc) is 3.77. The van der Waals surface area contributed by atoms with Gasteiger partial charge >= 0.3 is 4.87 Å². The molecule has 42 heavy (non-hydrogen) atoms. The van der Waals surface area contributed by atoms with Crippen LogP contribution in [0.1, 0.15) is 6.42 Å². The number of halogens is 2. The number of piperazine rings is 1. The second-order valence-corrected chi connectivity index (χ2v) is 11.0. The molecule has 0 radical (unpaired) electrons. The second kappa shape index (κ2) is 10.4. The Morgan fingerprint density at radius 1 is 1.10 bits per heavy atom. The van der Waals surface area contributed by atoms with Crippen LogP contribution in [-0.2, 0) is 11.3 Å². The average molecular weight is 598 g/mol. The number of nitrogens with two attached hydrogens (primary N) is 1. The SMILES string of the molecule is Nc1nc2c(sc(=O)n2CCN2CCN(c3cc(O[C@H]4CCNC4=O)c(F)cc3F)CC2)c2nc(-c3ccco3)nn12. The highest BCUT2D eigenvalue weighted by Crippen LogP contribution is 2.31. The summed E-state index contributed by atoms with van der Waals surface area (Å²) in [7, 11) is 0. The minimum Gasteiger partial charge on any atom is -0.477 e. The topological polar surface area (TPSA) is 149 Å². The number of amides is 1. The summed E-state index contributed by atoms with van der Waals surface area (Å²) in [4.78, 5) is 37.6. The van der Waals surface area contributed by atoms with Gasteiger partial charge in [-0.05, 0) is 12.1 Å². The van der Waals surface area contributed by atoms with E-state index in [9.17, 15) is 18.4 Å². The molecule has 2 saturated heterocycles. The highest BCUT2D eigenvalue weighted by Gasteiger charge is 2.29. The Hall–Kier alpha value is -4.57. The van der Waals surface area contributed by atoms with Crippen molar-refractivity contribution in [1.82, 2.24) is 34.4 Å². The number of rotatable bonds is 7. The van der Waals surface area contributed by atoms with E-state index < -0.39 is 17.7 Å². The smallest absolute Gasteiger partial charge is 0.309 e. The molecule has 6 heterocycles. The highest BCUT2D eigenvalue weighted by atomic mass is 32.1. The highest BCUT2D eigenvalue weighted by molar-refractivity contribution is 7.17. The number of nitrogen functional groups attached to an aromatic ring is 1. The third kappa shape index (κ3) is 4.61. The van der Waals surface area contributed by atoms with Gasteiger partial charge in [0, 0.05) is 64.4 Å². The van der Waals surface area contributed by atoms with E-state index in [4.69, 9.17) is 14.9 Å². The number of hydrogen-bond acceptors (Lipinski definition) is 11. The van der Waals surface area contributed by atoms with Gasteiger partial charge in [0.1, 0.15) is 10.5 Å². The zero-order chi connectivity index (χ0) is 29.0. The molecule has 1 atom stereocenters. The number of nitrogens with one attached hydrogen (secondary N) is 1. The molecule has 13 nitrogen and oxygen atoms in total. The maximum atomic E-state index is 14.8. The lowest BCUT2D eigenvalue weighted by Crippen LogP contribution is -2.47. The fraction of sp³-hybridized carbons (Fsp3) is 0.346. The number of benzene rings is 1. The van der Waals surface area contributed by atoms with Gasteiger partial charge in [0.05, 0.1) is 12.0 Å². The van der Waals surface area contributed by atoms with Crippen molar-refractivity contribution in [2.24, 2.45) is 0 Å². The van der Waals surface area contributed by atoms with Crippen molar-refractivity contribution in [1.29, 1.82) is 0 Å². The summed E-state index contributed by atoms with van der Waals surface area (Å²) >= 11 is 1.03. The summed E-state index contributed by atoms with van der Waals surface area (Å²) in [5.41, 5.74) is 7.25. The van der Waals surface area contributed by atoms with E-state index in [2.05, 4.69) is 25.3 Å². The summed E-state index contributed by atoms with van der Waals surface area (Å²) in [6.07, 6.45) is 1.15. The number of aromatic nitrogens is 5. The van der Waals surface area contributed by atoms with E-state index in [1.165, 1.54) is 16.8 Å². The Labute approximate surface area is 240 Å². The molecule has 0 bridgehead atoms. The fourth-order valence-corrected chi connectivity index (χ4v) is 6.21. The number of fused-ring (bicyclic) bond motifs is 3. The lowest BCUT2D eigenvalue weighted by atomic mass is 10.2. The lowest BCUT2D eigenvalue weighted by Gasteiger charge is -2.36. The van der Waals surface area contributed by atoms with Crippen LogP contribution < -0.4 is 25.6 Å². The van der Waals surface area contributed by atoms with Gasteiger partial charge in [-0.2, -0.15) is 9.50 Å².